The van der Waals surface area contributed by atoms with Gasteiger partial charge in [0.2, 0.25) is 0 Å². The molecule has 3 nitrogen and oxygen atoms in total. The van der Waals surface area contributed by atoms with E-state index in [1.54, 1.807) is 0 Å². The van der Waals surface area contributed by atoms with Gasteiger partial charge in [0.15, 0.2) is 10.8 Å². The van der Waals surface area contributed by atoms with Crippen molar-refractivity contribution in [1.29, 1.82) is 0 Å². The lowest BCUT2D eigenvalue weighted by Crippen LogP contribution is -1.72. The first kappa shape index (κ1) is 8.13. The van der Waals surface area contributed by atoms with E-state index in [2.05, 4.69) is 5.16 Å². The molecule has 1 aromatic heterocycles. The molecule has 2 rings (SSSR count). The Hall–Kier alpha value is -1.48. The SMILES string of the molecule is Oc1noc(-c2ccccc2)c1Cl. The Morgan fingerprint density at radius 2 is 1.92 bits per heavy atom. The van der Waals surface area contributed by atoms with Gasteiger partial charge in [0.1, 0.15) is 0 Å². The molecule has 0 aliphatic rings. The minimum absolute atomic E-state index is 0.145. The molecule has 4 heteroatoms. The van der Waals surface area contributed by atoms with Crippen LogP contribution in [-0.2, 0) is 0 Å². The van der Waals surface area contributed by atoms with Gasteiger partial charge in [-0.05, 0) is 5.16 Å². The summed E-state index contributed by atoms with van der Waals surface area (Å²) in [6, 6.07) is 9.24. The average Bonchev–Trinajstić information content (AvgIpc) is 2.49. The molecule has 1 heterocycles. The summed E-state index contributed by atoms with van der Waals surface area (Å²) in [6.07, 6.45) is 0. The largest absolute Gasteiger partial charge is 0.490 e. The molecular formula is C9H6ClNO2. The lowest BCUT2D eigenvalue weighted by molar-refractivity contribution is 0.365. The van der Waals surface area contributed by atoms with Gasteiger partial charge in [-0.1, -0.05) is 41.9 Å². The zero-order valence-electron chi connectivity index (χ0n) is 6.57. The van der Waals surface area contributed by atoms with E-state index in [-0.39, 0.29) is 10.9 Å². The molecule has 1 aromatic carbocycles. The van der Waals surface area contributed by atoms with Crippen molar-refractivity contribution in [3.8, 4) is 17.2 Å². The van der Waals surface area contributed by atoms with E-state index < -0.39 is 0 Å². The Balaban J connectivity index is 2.53. The highest BCUT2D eigenvalue weighted by molar-refractivity contribution is 6.34. The van der Waals surface area contributed by atoms with E-state index in [9.17, 15) is 0 Å². The lowest BCUT2D eigenvalue weighted by Gasteiger charge is -1.93. The fraction of sp³-hybridized carbons (Fsp3) is 0. The molecule has 66 valence electrons. The standard InChI is InChI=1S/C9H6ClNO2/c10-7-8(13-11-9(7)12)6-4-2-1-3-5-6/h1-5H,(H,11,12). The Kier molecular flexibility index (Phi) is 1.94. The highest BCUT2D eigenvalue weighted by Gasteiger charge is 2.13. The van der Waals surface area contributed by atoms with Crippen molar-refractivity contribution in [3.63, 3.8) is 0 Å². The molecule has 0 bridgehead atoms. The Labute approximate surface area is 79.6 Å². The molecule has 0 atom stereocenters. The van der Waals surface area contributed by atoms with Gasteiger partial charge in [-0.3, -0.25) is 0 Å². The van der Waals surface area contributed by atoms with Crippen LogP contribution in [0.5, 0.6) is 5.88 Å². The van der Waals surface area contributed by atoms with Crippen LogP contribution in [-0.4, -0.2) is 10.3 Å². The molecule has 0 radical (unpaired) electrons. The highest BCUT2D eigenvalue weighted by Crippen LogP contribution is 2.33. The average molecular weight is 196 g/mol. The van der Waals surface area contributed by atoms with Gasteiger partial charge in [0, 0.05) is 5.56 Å². The third-order valence-corrected chi connectivity index (χ3v) is 2.00. The molecule has 2 aromatic rings. The summed E-state index contributed by atoms with van der Waals surface area (Å²) in [5.41, 5.74) is 0.792. The second-order valence-electron chi connectivity index (χ2n) is 2.52. The number of rotatable bonds is 1. The fourth-order valence-electron chi connectivity index (χ4n) is 1.04. The van der Waals surface area contributed by atoms with Crippen LogP contribution in [0, 0.1) is 0 Å². The summed E-state index contributed by atoms with van der Waals surface area (Å²) in [6.45, 7) is 0. The van der Waals surface area contributed by atoms with Crippen molar-refractivity contribution in [2.24, 2.45) is 0 Å². The normalized spacial score (nSPS) is 10.2. The zero-order valence-corrected chi connectivity index (χ0v) is 7.32. The third kappa shape index (κ3) is 1.38. The van der Waals surface area contributed by atoms with Gasteiger partial charge in [-0.15, -0.1) is 0 Å². The highest BCUT2D eigenvalue weighted by atomic mass is 35.5. The van der Waals surface area contributed by atoms with Gasteiger partial charge in [-0.2, -0.15) is 0 Å². The summed E-state index contributed by atoms with van der Waals surface area (Å²) in [5.74, 6) is 0.111. The molecule has 0 aliphatic heterocycles. The predicted molar refractivity (Wildman–Crippen MR) is 48.6 cm³/mol. The summed E-state index contributed by atoms with van der Waals surface area (Å²) >= 11 is 5.74. The number of aromatic hydroxyl groups is 1. The fourth-order valence-corrected chi connectivity index (χ4v) is 1.22. The van der Waals surface area contributed by atoms with E-state index in [1.807, 2.05) is 30.3 Å². The number of benzene rings is 1. The van der Waals surface area contributed by atoms with Gasteiger partial charge in [-0.25, -0.2) is 0 Å². The van der Waals surface area contributed by atoms with Crippen LogP contribution in [0.3, 0.4) is 0 Å². The summed E-state index contributed by atoms with van der Waals surface area (Å²) in [4.78, 5) is 0. The second-order valence-corrected chi connectivity index (χ2v) is 2.89. The van der Waals surface area contributed by atoms with Crippen LogP contribution in [0.1, 0.15) is 0 Å². The van der Waals surface area contributed by atoms with Crippen LogP contribution < -0.4 is 0 Å². The van der Waals surface area contributed by atoms with Crippen molar-refractivity contribution >= 4 is 11.6 Å². The van der Waals surface area contributed by atoms with Crippen LogP contribution >= 0.6 is 11.6 Å². The Bertz CT molecular complexity index is 411. The monoisotopic (exact) mass is 195 g/mol. The Morgan fingerprint density at radius 1 is 1.23 bits per heavy atom. The van der Waals surface area contributed by atoms with E-state index in [1.165, 1.54) is 0 Å². The van der Waals surface area contributed by atoms with Crippen LogP contribution in [0.4, 0.5) is 0 Å². The van der Waals surface area contributed by atoms with E-state index in [0.717, 1.165) is 5.56 Å². The van der Waals surface area contributed by atoms with Crippen LogP contribution in [0.15, 0.2) is 34.9 Å². The smallest absolute Gasteiger partial charge is 0.271 e. The summed E-state index contributed by atoms with van der Waals surface area (Å²) in [7, 11) is 0. The van der Waals surface area contributed by atoms with Gasteiger partial charge < -0.3 is 9.63 Å². The second kappa shape index (κ2) is 3.11. The predicted octanol–water partition coefficient (Wildman–Crippen LogP) is 2.70. The topological polar surface area (TPSA) is 46.3 Å². The molecule has 13 heavy (non-hydrogen) atoms. The first-order valence-corrected chi connectivity index (χ1v) is 4.06. The van der Waals surface area contributed by atoms with E-state index >= 15 is 0 Å². The molecule has 0 unspecified atom stereocenters. The van der Waals surface area contributed by atoms with Crippen molar-refractivity contribution in [2.75, 3.05) is 0 Å². The number of aromatic nitrogens is 1. The van der Waals surface area contributed by atoms with Crippen molar-refractivity contribution in [2.45, 2.75) is 0 Å². The minimum Gasteiger partial charge on any atom is -0.490 e. The van der Waals surface area contributed by atoms with Gasteiger partial charge >= 0.3 is 0 Å². The lowest BCUT2D eigenvalue weighted by atomic mass is 10.2. The maximum absolute atomic E-state index is 9.06. The van der Waals surface area contributed by atoms with E-state index in [4.69, 9.17) is 21.2 Å². The molecule has 0 fully saturated rings. The molecule has 0 saturated heterocycles. The van der Waals surface area contributed by atoms with Crippen LogP contribution in [0.2, 0.25) is 5.02 Å². The molecular weight excluding hydrogens is 190 g/mol. The number of halogens is 1. The van der Waals surface area contributed by atoms with Crippen molar-refractivity contribution in [3.05, 3.63) is 35.4 Å². The third-order valence-electron chi connectivity index (χ3n) is 1.66. The maximum Gasteiger partial charge on any atom is 0.271 e. The van der Waals surface area contributed by atoms with Crippen molar-refractivity contribution < 1.29 is 9.63 Å². The Morgan fingerprint density at radius 3 is 2.46 bits per heavy atom. The van der Waals surface area contributed by atoms with Crippen LogP contribution in [0.25, 0.3) is 11.3 Å². The molecule has 0 amide bonds. The zero-order chi connectivity index (χ0) is 9.26. The summed E-state index contributed by atoms with van der Waals surface area (Å²) < 4.78 is 4.85. The summed E-state index contributed by atoms with van der Waals surface area (Å²) in [5, 5.41) is 12.6. The molecule has 0 aliphatic carbocycles. The quantitative estimate of drug-likeness (QED) is 0.761. The van der Waals surface area contributed by atoms with Gasteiger partial charge in [0.05, 0.1) is 0 Å². The minimum atomic E-state index is -0.277. The molecule has 0 saturated carbocycles. The van der Waals surface area contributed by atoms with E-state index in [0.29, 0.717) is 5.76 Å². The molecule has 1 N–H and O–H groups in total. The number of hydrogen-bond acceptors (Lipinski definition) is 3. The first-order chi connectivity index (χ1) is 6.29. The maximum atomic E-state index is 9.06. The van der Waals surface area contributed by atoms with Gasteiger partial charge in [0.25, 0.3) is 5.88 Å². The number of nitrogens with zero attached hydrogens (tertiary/aromatic N) is 1. The van der Waals surface area contributed by atoms with Crippen molar-refractivity contribution in [1.82, 2.24) is 5.16 Å². The molecule has 0 spiro atoms. The number of hydrogen-bond donors (Lipinski definition) is 1. The first-order valence-electron chi connectivity index (χ1n) is 3.68.